The quantitative estimate of drug-likeness (QED) is 0.766. The van der Waals surface area contributed by atoms with Crippen LogP contribution >= 0.6 is 0 Å². The molecule has 102 valence electrons. The number of aromatic nitrogens is 2. The molecule has 4 N–H and O–H groups in total. The number of benzene rings is 1. The molecule has 1 aromatic heterocycles. The fourth-order valence-electron chi connectivity index (χ4n) is 1.80. The van der Waals surface area contributed by atoms with Crippen molar-refractivity contribution in [3.63, 3.8) is 0 Å². The van der Waals surface area contributed by atoms with Gasteiger partial charge in [-0.1, -0.05) is 25.1 Å². The zero-order chi connectivity index (χ0) is 13.9. The number of sulfonamides is 1. The summed E-state index contributed by atoms with van der Waals surface area (Å²) < 4.78 is 27.1. The summed E-state index contributed by atoms with van der Waals surface area (Å²) in [6, 6.07) is 7.27. The van der Waals surface area contributed by atoms with Gasteiger partial charge in [-0.05, 0) is 18.1 Å². The first-order chi connectivity index (χ1) is 9.08. The molecule has 1 heterocycles. The van der Waals surface area contributed by atoms with E-state index in [0.29, 0.717) is 11.3 Å². The van der Waals surface area contributed by atoms with Crippen LogP contribution < -0.4 is 10.5 Å². The summed E-state index contributed by atoms with van der Waals surface area (Å²) in [5.74, 6) is 0. The predicted molar refractivity (Wildman–Crippen MR) is 73.1 cm³/mol. The van der Waals surface area contributed by atoms with Crippen molar-refractivity contribution in [1.82, 2.24) is 10.2 Å². The zero-order valence-electron chi connectivity index (χ0n) is 10.6. The first-order valence-electron chi connectivity index (χ1n) is 5.91. The smallest absolute Gasteiger partial charge is 0.279 e. The Morgan fingerprint density at radius 1 is 1.32 bits per heavy atom. The van der Waals surface area contributed by atoms with Crippen LogP contribution in [0, 0.1) is 0 Å². The van der Waals surface area contributed by atoms with Crippen molar-refractivity contribution in [2.75, 3.05) is 4.72 Å². The van der Waals surface area contributed by atoms with Crippen LogP contribution in [-0.4, -0.2) is 18.6 Å². The van der Waals surface area contributed by atoms with Gasteiger partial charge in [0.15, 0.2) is 5.03 Å². The van der Waals surface area contributed by atoms with E-state index in [-0.39, 0.29) is 11.6 Å². The normalized spacial score (nSPS) is 11.5. The highest BCUT2D eigenvalue weighted by atomic mass is 32.2. The predicted octanol–water partition coefficient (Wildman–Crippen LogP) is 1.23. The highest BCUT2D eigenvalue weighted by Gasteiger charge is 2.20. The average molecular weight is 280 g/mol. The summed E-state index contributed by atoms with van der Waals surface area (Å²) in [7, 11) is -3.69. The maximum Gasteiger partial charge on any atom is 0.279 e. The molecule has 0 spiro atoms. The number of aromatic amines is 1. The minimum Gasteiger partial charge on any atom is -0.326 e. The molecule has 2 rings (SSSR count). The summed E-state index contributed by atoms with van der Waals surface area (Å²) >= 11 is 0. The Balaban J connectivity index is 2.37. The molecule has 0 amide bonds. The minimum absolute atomic E-state index is 0.0147. The first kappa shape index (κ1) is 13.6. The third-order valence-electron chi connectivity index (χ3n) is 2.81. The second-order valence-electron chi connectivity index (χ2n) is 4.04. The lowest BCUT2D eigenvalue weighted by Crippen LogP contribution is -2.17. The van der Waals surface area contributed by atoms with Gasteiger partial charge in [-0.2, -0.15) is 13.5 Å². The van der Waals surface area contributed by atoms with Crippen LogP contribution in [0.1, 0.15) is 18.1 Å². The molecule has 0 bridgehead atoms. The van der Waals surface area contributed by atoms with Crippen molar-refractivity contribution >= 4 is 15.7 Å². The second kappa shape index (κ2) is 5.41. The Labute approximate surface area is 112 Å². The van der Waals surface area contributed by atoms with Gasteiger partial charge >= 0.3 is 0 Å². The molecule has 0 unspecified atom stereocenters. The third kappa shape index (κ3) is 2.77. The van der Waals surface area contributed by atoms with Gasteiger partial charge in [-0.3, -0.25) is 9.82 Å². The van der Waals surface area contributed by atoms with Crippen LogP contribution in [0.5, 0.6) is 0 Å². The number of nitrogens with one attached hydrogen (secondary N) is 2. The van der Waals surface area contributed by atoms with Crippen LogP contribution in [0.4, 0.5) is 5.69 Å². The summed E-state index contributed by atoms with van der Waals surface area (Å²) in [6.07, 6.45) is 2.16. The molecule has 0 aliphatic heterocycles. The lowest BCUT2D eigenvalue weighted by Gasteiger charge is -2.11. The van der Waals surface area contributed by atoms with Crippen LogP contribution in [-0.2, 0) is 23.0 Å². The number of rotatable bonds is 5. The summed E-state index contributed by atoms with van der Waals surface area (Å²) in [5, 5.41) is 6.21. The molecule has 6 nitrogen and oxygen atoms in total. The second-order valence-corrected chi connectivity index (χ2v) is 5.66. The molecular formula is C12H16N4O2S. The van der Waals surface area contributed by atoms with Crippen LogP contribution in [0.25, 0.3) is 0 Å². The molecule has 0 atom stereocenters. The number of H-pyrrole nitrogens is 1. The van der Waals surface area contributed by atoms with Crippen LogP contribution in [0.15, 0.2) is 35.5 Å². The molecule has 2 aromatic rings. The highest BCUT2D eigenvalue weighted by molar-refractivity contribution is 7.92. The van der Waals surface area contributed by atoms with E-state index in [2.05, 4.69) is 14.9 Å². The first-order valence-corrected chi connectivity index (χ1v) is 7.40. The molecule has 0 saturated heterocycles. The van der Waals surface area contributed by atoms with Gasteiger partial charge in [0, 0.05) is 12.1 Å². The van der Waals surface area contributed by atoms with Gasteiger partial charge in [0.05, 0.1) is 11.9 Å². The SMILES string of the molecule is CCc1ccccc1NS(=O)(=O)c1[nH]ncc1CN. The van der Waals surface area contributed by atoms with Gasteiger partial charge in [-0.15, -0.1) is 0 Å². The van der Waals surface area contributed by atoms with E-state index in [0.717, 1.165) is 12.0 Å². The van der Waals surface area contributed by atoms with E-state index in [4.69, 9.17) is 5.73 Å². The average Bonchev–Trinajstić information content (AvgIpc) is 2.88. The fraction of sp³-hybridized carbons (Fsp3) is 0.250. The summed E-state index contributed by atoms with van der Waals surface area (Å²) in [4.78, 5) is 0. The number of hydrogen-bond donors (Lipinski definition) is 3. The number of hydrogen-bond acceptors (Lipinski definition) is 4. The van der Waals surface area contributed by atoms with Gasteiger partial charge in [0.2, 0.25) is 0 Å². The lowest BCUT2D eigenvalue weighted by molar-refractivity contribution is 0.595. The van der Waals surface area contributed by atoms with Crippen molar-refractivity contribution in [2.24, 2.45) is 5.73 Å². The van der Waals surface area contributed by atoms with Crippen molar-refractivity contribution < 1.29 is 8.42 Å². The Bertz CT molecular complexity index is 664. The third-order valence-corrected chi connectivity index (χ3v) is 4.19. The van der Waals surface area contributed by atoms with E-state index in [1.54, 1.807) is 12.1 Å². The number of nitrogens with zero attached hydrogens (tertiary/aromatic N) is 1. The van der Waals surface area contributed by atoms with E-state index in [1.165, 1.54) is 6.20 Å². The molecule has 0 aliphatic rings. The van der Waals surface area contributed by atoms with E-state index < -0.39 is 10.0 Å². The van der Waals surface area contributed by atoms with Crippen LogP contribution in [0.2, 0.25) is 0 Å². The van der Waals surface area contributed by atoms with Crippen molar-refractivity contribution in [3.05, 3.63) is 41.6 Å². The van der Waals surface area contributed by atoms with Gasteiger partial charge in [0.25, 0.3) is 10.0 Å². The minimum atomic E-state index is -3.69. The molecule has 19 heavy (non-hydrogen) atoms. The highest BCUT2D eigenvalue weighted by Crippen LogP contribution is 2.21. The maximum absolute atomic E-state index is 12.3. The number of anilines is 1. The Kier molecular flexibility index (Phi) is 3.87. The van der Waals surface area contributed by atoms with E-state index in [1.807, 2.05) is 19.1 Å². The van der Waals surface area contributed by atoms with Crippen molar-refractivity contribution in [2.45, 2.75) is 24.9 Å². The standard InChI is InChI=1S/C12H16N4O2S/c1-2-9-5-3-4-6-11(9)16-19(17,18)12-10(7-13)8-14-15-12/h3-6,8,16H,2,7,13H2,1H3,(H,14,15). The number of nitrogens with two attached hydrogens (primary N) is 1. The van der Waals surface area contributed by atoms with Gasteiger partial charge in [0.1, 0.15) is 0 Å². The maximum atomic E-state index is 12.3. The number of aryl methyl sites for hydroxylation is 1. The zero-order valence-corrected chi connectivity index (χ0v) is 11.4. The number of para-hydroxylation sites is 1. The summed E-state index contributed by atoms with van der Waals surface area (Å²) in [5.41, 5.74) is 7.45. The Morgan fingerprint density at radius 2 is 2.05 bits per heavy atom. The topological polar surface area (TPSA) is 101 Å². The monoisotopic (exact) mass is 280 g/mol. The van der Waals surface area contributed by atoms with Gasteiger partial charge in [-0.25, -0.2) is 0 Å². The van der Waals surface area contributed by atoms with Gasteiger partial charge < -0.3 is 5.73 Å². The fourth-order valence-corrected chi connectivity index (χ4v) is 3.05. The molecule has 7 heteroatoms. The van der Waals surface area contributed by atoms with Crippen LogP contribution in [0.3, 0.4) is 0 Å². The summed E-state index contributed by atoms with van der Waals surface area (Å²) in [6.45, 7) is 2.08. The molecule has 1 aromatic carbocycles. The molecule has 0 radical (unpaired) electrons. The van der Waals surface area contributed by atoms with Crippen molar-refractivity contribution in [3.8, 4) is 0 Å². The van der Waals surface area contributed by atoms with E-state index in [9.17, 15) is 8.42 Å². The Hall–Kier alpha value is -1.86. The lowest BCUT2D eigenvalue weighted by atomic mass is 10.1. The molecular weight excluding hydrogens is 264 g/mol. The molecule has 0 aliphatic carbocycles. The van der Waals surface area contributed by atoms with Crippen molar-refractivity contribution in [1.29, 1.82) is 0 Å². The Morgan fingerprint density at radius 3 is 2.74 bits per heavy atom. The largest absolute Gasteiger partial charge is 0.326 e. The van der Waals surface area contributed by atoms with E-state index >= 15 is 0 Å². The molecule has 0 fully saturated rings. The molecule has 0 saturated carbocycles.